The number of nitrogens with zero attached hydrogens (tertiary/aromatic N) is 1. The van der Waals surface area contributed by atoms with Crippen molar-refractivity contribution in [2.75, 3.05) is 38.0 Å². The number of sulfonamides is 1. The third-order valence-electron chi connectivity index (χ3n) is 4.33. The molecule has 0 spiro atoms. The molecular formula is C18H21ClN3O3S+. The fraction of sp³-hybridized carbons (Fsp3) is 0.278. The van der Waals surface area contributed by atoms with E-state index in [0.717, 1.165) is 4.90 Å². The smallest absolute Gasteiger partial charge is 0.279 e. The Morgan fingerprint density at radius 2 is 1.77 bits per heavy atom. The quantitative estimate of drug-likeness (QED) is 0.790. The summed E-state index contributed by atoms with van der Waals surface area (Å²) in [5.41, 5.74) is 0.659. The molecule has 26 heavy (non-hydrogen) atoms. The predicted octanol–water partition coefficient (Wildman–Crippen LogP) is 0.868. The van der Waals surface area contributed by atoms with Gasteiger partial charge in [-0.25, -0.2) is 8.42 Å². The molecule has 0 bridgehead atoms. The number of quaternary nitrogens is 1. The topological polar surface area (TPSA) is 70.9 Å². The van der Waals surface area contributed by atoms with Gasteiger partial charge in [-0.3, -0.25) is 4.79 Å². The maximum Gasteiger partial charge on any atom is 0.279 e. The van der Waals surface area contributed by atoms with Gasteiger partial charge in [-0.1, -0.05) is 35.9 Å². The van der Waals surface area contributed by atoms with Crippen molar-refractivity contribution in [3.8, 4) is 0 Å². The lowest BCUT2D eigenvalue weighted by molar-refractivity contribution is -0.895. The standard InChI is InChI=1S/C18H20ClN3O3S/c19-15-5-4-6-16(13-15)20-18(23)14-21-9-11-22(12-10-21)26(24,25)17-7-2-1-3-8-17/h1-8,13H,9-12,14H2,(H,20,23)/p+1. The van der Waals surface area contributed by atoms with Gasteiger partial charge < -0.3 is 10.2 Å². The fourth-order valence-electron chi connectivity index (χ4n) is 2.96. The molecule has 0 unspecified atom stereocenters. The van der Waals surface area contributed by atoms with Gasteiger partial charge in [0.1, 0.15) is 0 Å². The van der Waals surface area contributed by atoms with Crippen LogP contribution in [0.2, 0.25) is 5.02 Å². The highest BCUT2D eigenvalue weighted by molar-refractivity contribution is 7.89. The maximum atomic E-state index is 12.6. The molecule has 2 aromatic carbocycles. The summed E-state index contributed by atoms with van der Waals surface area (Å²) in [6.45, 7) is 2.28. The van der Waals surface area contributed by atoms with Crippen molar-refractivity contribution >= 4 is 33.2 Å². The third kappa shape index (κ3) is 4.62. The summed E-state index contributed by atoms with van der Waals surface area (Å²) in [4.78, 5) is 13.6. The van der Waals surface area contributed by atoms with E-state index in [1.807, 2.05) is 0 Å². The summed E-state index contributed by atoms with van der Waals surface area (Å²) in [6, 6.07) is 15.4. The van der Waals surface area contributed by atoms with Gasteiger partial charge in [-0.2, -0.15) is 4.31 Å². The van der Waals surface area contributed by atoms with E-state index in [4.69, 9.17) is 11.6 Å². The second kappa shape index (κ2) is 8.18. The minimum Gasteiger partial charge on any atom is -0.325 e. The molecule has 0 aliphatic carbocycles. The maximum absolute atomic E-state index is 12.6. The lowest BCUT2D eigenvalue weighted by Gasteiger charge is -2.31. The monoisotopic (exact) mass is 394 g/mol. The second-order valence-corrected chi connectivity index (χ2v) is 8.58. The van der Waals surface area contributed by atoms with Gasteiger partial charge in [0.2, 0.25) is 10.0 Å². The number of hydrogen-bond acceptors (Lipinski definition) is 3. The number of halogens is 1. The van der Waals surface area contributed by atoms with Crippen LogP contribution in [0, 0.1) is 0 Å². The van der Waals surface area contributed by atoms with E-state index in [2.05, 4.69) is 5.32 Å². The summed E-state index contributed by atoms with van der Waals surface area (Å²) in [6.07, 6.45) is 0. The van der Waals surface area contributed by atoms with Crippen molar-refractivity contribution < 1.29 is 18.1 Å². The van der Waals surface area contributed by atoms with Crippen LogP contribution >= 0.6 is 11.6 Å². The number of piperazine rings is 1. The zero-order chi connectivity index (χ0) is 18.6. The first-order valence-electron chi connectivity index (χ1n) is 8.39. The molecule has 1 aliphatic heterocycles. The summed E-state index contributed by atoms with van der Waals surface area (Å²) >= 11 is 5.91. The first kappa shape index (κ1) is 18.8. The van der Waals surface area contributed by atoms with Crippen LogP contribution in [-0.4, -0.2) is 51.4 Å². The van der Waals surface area contributed by atoms with E-state index in [0.29, 0.717) is 48.3 Å². The lowest BCUT2D eigenvalue weighted by Crippen LogP contribution is -3.15. The average molecular weight is 395 g/mol. The third-order valence-corrected chi connectivity index (χ3v) is 6.48. The van der Waals surface area contributed by atoms with E-state index in [-0.39, 0.29) is 5.91 Å². The Bertz CT molecular complexity index is 866. The number of carbonyl (C=O) groups excluding carboxylic acids is 1. The van der Waals surface area contributed by atoms with E-state index in [1.54, 1.807) is 54.6 Å². The second-order valence-electron chi connectivity index (χ2n) is 6.20. The Morgan fingerprint density at radius 1 is 1.08 bits per heavy atom. The molecule has 0 radical (unpaired) electrons. The van der Waals surface area contributed by atoms with Crippen molar-refractivity contribution in [1.82, 2.24) is 4.31 Å². The molecule has 0 aromatic heterocycles. The number of hydrogen-bond donors (Lipinski definition) is 2. The molecule has 1 saturated heterocycles. The van der Waals surface area contributed by atoms with Gasteiger partial charge in [0, 0.05) is 10.7 Å². The number of carbonyl (C=O) groups is 1. The SMILES string of the molecule is O=C(C[NH+]1CCN(S(=O)(=O)c2ccccc2)CC1)Nc1cccc(Cl)c1. The van der Waals surface area contributed by atoms with Crippen LogP contribution in [0.4, 0.5) is 5.69 Å². The summed E-state index contributed by atoms with van der Waals surface area (Å²) in [5, 5.41) is 3.39. The highest BCUT2D eigenvalue weighted by Crippen LogP contribution is 2.15. The molecular weight excluding hydrogens is 374 g/mol. The van der Waals surface area contributed by atoms with Crippen LogP contribution in [0.15, 0.2) is 59.5 Å². The van der Waals surface area contributed by atoms with Crippen LogP contribution in [0.25, 0.3) is 0 Å². The molecule has 1 fully saturated rings. The Morgan fingerprint density at radius 3 is 2.42 bits per heavy atom. The zero-order valence-electron chi connectivity index (χ0n) is 14.2. The lowest BCUT2D eigenvalue weighted by atomic mass is 10.3. The van der Waals surface area contributed by atoms with Crippen molar-refractivity contribution in [3.63, 3.8) is 0 Å². The molecule has 1 amide bonds. The Balaban J connectivity index is 1.53. The molecule has 0 saturated carbocycles. The first-order chi connectivity index (χ1) is 12.4. The summed E-state index contributed by atoms with van der Waals surface area (Å²) in [5.74, 6) is -0.110. The van der Waals surface area contributed by atoms with Crippen molar-refractivity contribution in [3.05, 3.63) is 59.6 Å². The minimum absolute atomic E-state index is 0.110. The molecule has 0 atom stereocenters. The molecule has 3 rings (SSSR count). The number of anilines is 1. The van der Waals surface area contributed by atoms with Crippen LogP contribution in [0.1, 0.15) is 0 Å². The van der Waals surface area contributed by atoms with E-state index < -0.39 is 10.0 Å². The van der Waals surface area contributed by atoms with Crippen molar-refractivity contribution in [2.45, 2.75) is 4.90 Å². The largest absolute Gasteiger partial charge is 0.325 e. The molecule has 1 aliphatic rings. The van der Waals surface area contributed by atoms with Gasteiger partial charge in [0.25, 0.3) is 5.91 Å². The van der Waals surface area contributed by atoms with Crippen LogP contribution in [-0.2, 0) is 14.8 Å². The van der Waals surface area contributed by atoms with Crippen LogP contribution < -0.4 is 10.2 Å². The van der Waals surface area contributed by atoms with Gasteiger partial charge >= 0.3 is 0 Å². The molecule has 6 nitrogen and oxygen atoms in total. The highest BCUT2D eigenvalue weighted by atomic mass is 35.5. The van der Waals surface area contributed by atoms with Gasteiger partial charge in [0.05, 0.1) is 31.1 Å². The normalized spacial score (nSPS) is 16.3. The van der Waals surface area contributed by atoms with E-state index in [1.165, 1.54) is 4.31 Å². The van der Waals surface area contributed by atoms with Gasteiger partial charge in [-0.15, -0.1) is 0 Å². The van der Waals surface area contributed by atoms with Crippen molar-refractivity contribution in [1.29, 1.82) is 0 Å². The Kier molecular flexibility index (Phi) is 5.93. The predicted molar refractivity (Wildman–Crippen MR) is 101 cm³/mol. The first-order valence-corrected chi connectivity index (χ1v) is 10.2. The fourth-order valence-corrected chi connectivity index (χ4v) is 4.61. The van der Waals surface area contributed by atoms with Crippen molar-refractivity contribution in [2.24, 2.45) is 0 Å². The Hall–Kier alpha value is -1.93. The molecule has 8 heteroatoms. The van der Waals surface area contributed by atoms with E-state index >= 15 is 0 Å². The molecule has 2 aromatic rings. The number of nitrogens with one attached hydrogen (secondary N) is 2. The number of rotatable bonds is 5. The van der Waals surface area contributed by atoms with Crippen LogP contribution in [0.5, 0.6) is 0 Å². The van der Waals surface area contributed by atoms with Gasteiger partial charge in [-0.05, 0) is 30.3 Å². The number of amides is 1. The van der Waals surface area contributed by atoms with Gasteiger partial charge in [0.15, 0.2) is 6.54 Å². The Labute approximate surface area is 158 Å². The minimum atomic E-state index is -3.46. The van der Waals surface area contributed by atoms with E-state index in [9.17, 15) is 13.2 Å². The summed E-state index contributed by atoms with van der Waals surface area (Å²) < 4.78 is 26.7. The average Bonchev–Trinajstić information content (AvgIpc) is 2.63. The zero-order valence-corrected chi connectivity index (χ0v) is 15.8. The highest BCUT2D eigenvalue weighted by Gasteiger charge is 2.30. The summed E-state index contributed by atoms with van der Waals surface area (Å²) in [7, 11) is -3.46. The molecule has 2 N–H and O–H groups in total. The molecule has 138 valence electrons. The molecule has 1 heterocycles. The number of benzene rings is 2. The van der Waals surface area contributed by atoms with Crippen LogP contribution in [0.3, 0.4) is 0 Å².